The van der Waals surface area contributed by atoms with Crippen LogP contribution in [-0.4, -0.2) is 4.57 Å². The Labute approximate surface area is 275 Å². The lowest BCUT2D eigenvalue weighted by molar-refractivity contribution is 0.590. The molecule has 0 N–H and O–H groups in total. The molecule has 0 spiro atoms. The molecule has 232 valence electrons. The van der Waals surface area contributed by atoms with Gasteiger partial charge in [-0.3, -0.25) is 0 Å². The van der Waals surface area contributed by atoms with Gasteiger partial charge in [-0.25, -0.2) is 0 Å². The van der Waals surface area contributed by atoms with Gasteiger partial charge in [-0.15, -0.1) is 0 Å². The van der Waals surface area contributed by atoms with E-state index in [9.17, 15) is 0 Å². The Kier molecular flexibility index (Phi) is 7.24. The highest BCUT2D eigenvalue weighted by Gasteiger charge is 2.33. The fraction of sp³-hybridized carbons (Fsp3) is 0.273. The standard InChI is InChI=1S/C44H46N2/c1-29-9-13-31(14-10-29)39-25-33-27-42-34(28-41(33)45(39)37-21-17-35(18-22-37)43(3,4)5)26-40(32-15-11-30(2)12-16-32)46(42)38-23-19-36(20-24-38)44(6,7)8/h9-25,27-28,40H,26H2,1-8H3. The van der Waals surface area contributed by atoms with Crippen molar-refractivity contribution in [1.29, 1.82) is 0 Å². The molecule has 2 heterocycles. The molecule has 0 saturated heterocycles. The average molecular weight is 603 g/mol. The van der Waals surface area contributed by atoms with Crippen molar-refractivity contribution >= 4 is 22.3 Å². The molecule has 1 aliphatic rings. The van der Waals surface area contributed by atoms with Crippen molar-refractivity contribution in [2.45, 2.75) is 78.7 Å². The van der Waals surface area contributed by atoms with E-state index in [1.807, 2.05) is 0 Å². The number of rotatable bonds is 4. The van der Waals surface area contributed by atoms with Gasteiger partial charge in [0.15, 0.2) is 0 Å². The Morgan fingerprint density at radius 1 is 0.565 bits per heavy atom. The van der Waals surface area contributed by atoms with Crippen molar-refractivity contribution in [2.75, 3.05) is 4.90 Å². The maximum Gasteiger partial charge on any atom is 0.0632 e. The van der Waals surface area contributed by atoms with Gasteiger partial charge in [0.1, 0.15) is 0 Å². The molecule has 7 rings (SSSR count). The van der Waals surface area contributed by atoms with E-state index >= 15 is 0 Å². The molecule has 0 bridgehead atoms. The third-order valence-corrected chi connectivity index (χ3v) is 9.80. The van der Waals surface area contributed by atoms with Crippen LogP contribution in [0.15, 0.2) is 115 Å². The highest BCUT2D eigenvalue weighted by Crippen LogP contribution is 2.48. The third-order valence-electron chi connectivity index (χ3n) is 9.80. The van der Waals surface area contributed by atoms with Crippen molar-refractivity contribution in [1.82, 2.24) is 4.57 Å². The van der Waals surface area contributed by atoms with Gasteiger partial charge in [0, 0.05) is 22.4 Å². The third kappa shape index (κ3) is 5.45. The summed E-state index contributed by atoms with van der Waals surface area (Å²) in [6.07, 6.45) is 0.962. The molecule has 0 radical (unpaired) electrons. The summed E-state index contributed by atoms with van der Waals surface area (Å²) in [7, 11) is 0. The predicted molar refractivity (Wildman–Crippen MR) is 197 cm³/mol. The SMILES string of the molecule is Cc1ccc(-c2cc3cc4c(cc3n2-c2ccc(C(C)(C)C)cc2)CC(c2ccc(C)cc2)N4c2ccc(C(C)(C)C)cc2)cc1. The molecule has 0 amide bonds. The summed E-state index contributed by atoms with van der Waals surface area (Å²) in [6.45, 7) is 18.0. The Bertz CT molecular complexity index is 2010. The van der Waals surface area contributed by atoms with Gasteiger partial charge >= 0.3 is 0 Å². The average Bonchev–Trinajstić information content (AvgIpc) is 3.58. The van der Waals surface area contributed by atoms with Crippen molar-refractivity contribution in [3.63, 3.8) is 0 Å². The molecule has 1 atom stereocenters. The highest BCUT2D eigenvalue weighted by molar-refractivity contribution is 5.94. The minimum Gasteiger partial charge on any atom is -0.333 e. The van der Waals surface area contributed by atoms with Gasteiger partial charge in [0.2, 0.25) is 0 Å². The summed E-state index contributed by atoms with van der Waals surface area (Å²) in [4.78, 5) is 2.58. The molecule has 46 heavy (non-hydrogen) atoms. The monoisotopic (exact) mass is 602 g/mol. The largest absolute Gasteiger partial charge is 0.333 e. The zero-order valence-electron chi connectivity index (χ0n) is 28.6. The first kappa shape index (κ1) is 30.1. The fourth-order valence-corrected chi connectivity index (χ4v) is 6.96. The van der Waals surface area contributed by atoms with Gasteiger partial charge in [-0.05, 0) is 101 Å². The Hall–Kier alpha value is -4.56. The summed E-state index contributed by atoms with van der Waals surface area (Å²) in [5.74, 6) is 0. The van der Waals surface area contributed by atoms with Crippen LogP contribution in [0.3, 0.4) is 0 Å². The van der Waals surface area contributed by atoms with E-state index in [1.165, 1.54) is 72.6 Å². The van der Waals surface area contributed by atoms with Gasteiger partial charge in [0.05, 0.1) is 17.3 Å². The van der Waals surface area contributed by atoms with Crippen LogP contribution in [-0.2, 0) is 17.3 Å². The number of nitrogens with zero attached hydrogens (tertiary/aromatic N) is 2. The summed E-state index contributed by atoms with van der Waals surface area (Å²) in [5.41, 5.74) is 15.7. The van der Waals surface area contributed by atoms with Crippen LogP contribution >= 0.6 is 0 Å². The molecule has 1 aliphatic heterocycles. The summed E-state index contributed by atoms with van der Waals surface area (Å²) in [5, 5.41) is 1.26. The molecule has 5 aromatic carbocycles. The molecule has 1 unspecified atom stereocenters. The summed E-state index contributed by atoms with van der Waals surface area (Å²) >= 11 is 0. The summed E-state index contributed by atoms with van der Waals surface area (Å²) in [6, 6.07) is 44.0. The minimum absolute atomic E-state index is 0.109. The zero-order chi connectivity index (χ0) is 32.4. The number of aromatic nitrogens is 1. The van der Waals surface area contributed by atoms with Crippen molar-refractivity contribution in [3.8, 4) is 16.9 Å². The van der Waals surface area contributed by atoms with Crippen LogP contribution in [0.4, 0.5) is 11.4 Å². The second-order valence-electron chi connectivity index (χ2n) is 15.4. The number of hydrogen-bond donors (Lipinski definition) is 0. The van der Waals surface area contributed by atoms with E-state index in [-0.39, 0.29) is 16.9 Å². The number of aryl methyl sites for hydroxylation is 2. The minimum atomic E-state index is 0.109. The molecule has 1 aromatic heterocycles. The molecule has 0 fully saturated rings. The Morgan fingerprint density at radius 2 is 1.09 bits per heavy atom. The van der Waals surface area contributed by atoms with Gasteiger partial charge in [-0.1, -0.05) is 125 Å². The molecule has 0 aliphatic carbocycles. The van der Waals surface area contributed by atoms with Crippen LogP contribution in [0.2, 0.25) is 0 Å². The lowest BCUT2D eigenvalue weighted by Crippen LogP contribution is -2.20. The highest BCUT2D eigenvalue weighted by atomic mass is 15.2. The lowest BCUT2D eigenvalue weighted by atomic mass is 9.87. The maximum absolute atomic E-state index is 2.58. The summed E-state index contributed by atoms with van der Waals surface area (Å²) < 4.78 is 2.47. The molecular formula is C44H46N2. The normalized spacial score (nSPS) is 15.0. The van der Waals surface area contributed by atoms with Crippen molar-refractivity contribution in [3.05, 3.63) is 149 Å². The van der Waals surface area contributed by atoms with Crippen LogP contribution < -0.4 is 4.90 Å². The van der Waals surface area contributed by atoms with Crippen molar-refractivity contribution in [2.24, 2.45) is 0 Å². The van der Waals surface area contributed by atoms with Gasteiger partial charge in [0.25, 0.3) is 0 Å². The first-order valence-corrected chi connectivity index (χ1v) is 16.7. The van der Waals surface area contributed by atoms with E-state index in [0.29, 0.717) is 0 Å². The number of benzene rings is 5. The number of hydrogen-bond acceptors (Lipinski definition) is 1. The predicted octanol–water partition coefficient (Wildman–Crippen LogP) is 11.9. The quantitative estimate of drug-likeness (QED) is 0.195. The van der Waals surface area contributed by atoms with Crippen LogP contribution in [0.25, 0.3) is 27.8 Å². The van der Waals surface area contributed by atoms with E-state index in [1.54, 1.807) is 0 Å². The van der Waals surface area contributed by atoms with E-state index in [0.717, 1.165) is 6.42 Å². The van der Waals surface area contributed by atoms with Crippen LogP contribution in [0, 0.1) is 13.8 Å². The van der Waals surface area contributed by atoms with Gasteiger partial charge < -0.3 is 9.47 Å². The maximum atomic E-state index is 2.58. The molecule has 6 aromatic rings. The number of anilines is 2. The van der Waals surface area contributed by atoms with Gasteiger partial charge in [-0.2, -0.15) is 0 Å². The van der Waals surface area contributed by atoms with Crippen LogP contribution in [0.1, 0.15) is 81.0 Å². The van der Waals surface area contributed by atoms with Crippen molar-refractivity contribution < 1.29 is 0 Å². The van der Waals surface area contributed by atoms with E-state index < -0.39 is 0 Å². The smallest absolute Gasteiger partial charge is 0.0632 e. The molecule has 2 nitrogen and oxygen atoms in total. The Morgan fingerprint density at radius 3 is 1.63 bits per heavy atom. The first-order chi connectivity index (χ1) is 21.9. The molecular weight excluding hydrogens is 556 g/mol. The second-order valence-corrected chi connectivity index (χ2v) is 15.4. The fourth-order valence-electron chi connectivity index (χ4n) is 6.96. The topological polar surface area (TPSA) is 8.17 Å². The molecule has 2 heteroatoms. The number of fused-ring (bicyclic) bond motifs is 2. The zero-order valence-corrected chi connectivity index (χ0v) is 28.6. The lowest BCUT2D eigenvalue weighted by Gasteiger charge is -2.29. The van der Waals surface area contributed by atoms with E-state index in [2.05, 4.69) is 180 Å². The molecule has 0 saturated carbocycles. The van der Waals surface area contributed by atoms with E-state index in [4.69, 9.17) is 0 Å². The Balaban J connectivity index is 1.42. The van der Waals surface area contributed by atoms with Crippen LogP contribution in [0.5, 0.6) is 0 Å². The first-order valence-electron chi connectivity index (χ1n) is 16.7. The second kappa shape index (κ2) is 11.1.